The van der Waals surface area contributed by atoms with Crippen LogP contribution in [0.15, 0.2) is 11.7 Å². The molecule has 0 aliphatic heterocycles. The quantitative estimate of drug-likeness (QED) is 0.716. The lowest BCUT2D eigenvalue weighted by molar-refractivity contribution is 0.669. The van der Waals surface area contributed by atoms with Gasteiger partial charge in [0, 0.05) is 17.6 Å². The number of hydrogen-bond donors (Lipinski definition) is 2. The van der Waals surface area contributed by atoms with Crippen molar-refractivity contribution in [3.63, 3.8) is 0 Å². The fourth-order valence-electron chi connectivity index (χ4n) is 0.884. The third-order valence-corrected chi connectivity index (χ3v) is 2.23. The molecule has 0 radical (unpaired) electrons. The first-order chi connectivity index (χ1) is 6.45. The Kier molecular flexibility index (Phi) is 2.58. The second-order valence-electron chi connectivity index (χ2n) is 2.40. The highest BCUT2D eigenvalue weighted by Crippen LogP contribution is 2.03. The molecule has 68 valence electrons. The lowest BCUT2D eigenvalue weighted by Gasteiger charge is -1.96. The largest absolute Gasteiger partial charge is 0.305 e. The van der Waals surface area contributed by atoms with E-state index in [1.165, 1.54) is 4.88 Å². The van der Waals surface area contributed by atoms with E-state index in [2.05, 4.69) is 30.9 Å². The second kappa shape index (κ2) is 4.06. The number of nitrogens with zero attached hydrogens (tertiary/aromatic N) is 4. The van der Waals surface area contributed by atoms with Crippen LogP contribution in [0.1, 0.15) is 10.7 Å². The van der Waals surface area contributed by atoms with E-state index >= 15 is 0 Å². The van der Waals surface area contributed by atoms with E-state index in [1.807, 2.05) is 11.7 Å². The number of rotatable bonds is 4. The average Bonchev–Trinajstić information content (AvgIpc) is 2.75. The summed E-state index contributed by atoms with van der Waals surface area (Å²) in [5.74, 6) is 0.671. The number of H-pyrrole nitrogens is 1. The van der Waals surface area contributed by atoms with Gasteiger partial charge in [0.05, 0.1) is 12.1 Å². The molecule has 0 fully saturated rings. The van der Waals surface area contributed by atoms with Crippen molar-refractivity contribution >= 4 is 11.3 Å². The van der Waals surface area contributed by atoms with Crippen molar-refractivity contribution in [2.75, 3.05) is 0 Å². The van der Waals surface area contributed by atoms with Gasteiger partial charge in [-0.05, 0) is 0 Å². The molecule has 0 aliphatic carbocycles. The lowest BCUT2D eigenvalue weighted by atomic mass is 10.5. The van der Waals surface area contributed by atoms with E-state index in [4.69, 9.17) is 0 Å². The van der Waals surface area contributed by atoms with Crippen molar-refractivity contribution in [2.24, 2.45) is 0 Å². The first kappa shape index (κ1) is 8.27. The molecule has 13 heavy (non-hydrogen) atoms. The number of thiazole rings is 1. The molecule has 0 saturated carbocycles. The summed E-state index contributed by atoms with van der Waals surface area (Å²) in [6.07, 6.45) is 1.84. The van der Waals surface area contributed by atoms with Gasteiger partial charge in [-0.1, -0.05) is 5.21 Å². The molecule has 0 unspecified atom stereocenters. The predicted octanol–water partition coefficient (Wildman–Crippen LogP) is -0.0540. The number of nitrogens with one attached hydrogen (secondary N) is 2. The average molecular weight is 196 g/mol. The van der Waals surface area contributed by atoms with E-state index in [0.29, 0.717) is 12.4 Å². The van der Waals surface area contributed by atoms with Crippen LogP contribution >= 0.6 is 11.3 Å². The molecule has 0 bridgehead atoms. The van der Waals surface area contributed by atoms with Crippen LogP contribution in [0.2, 0.25) is 0 Å². The lowest BCUT2D eigenvalue weighted by Crippen LogP contribution is -2.12. The Balaban J connectivity index is 1.76. The first-order valence-corrected chi connectivity index (χ1v) is 4.63. The first-order valence-electron chi connectivity index (χ1n) is 3.75. The summed E-state index contributed by atoms with van der Waals surface area (Å²) in [5.41, 5.74) is 1.81. The minimum absolute atomic E-state index is 0.619. The maximum atomic E-state index is 3.97. The van der Waals surface area contributed by atoms with Gasteiger partial charge < -0.3 is 5.32 Å². The Hall–Kier alpha value is -1.34. The van der Waals surface area contributed by atoms with Crippen molar-refractivity contribution in [1.29, 1.82) is 0 Å². The summed E-state index contributed by atoms with van der Waals surface area (Å²) in [6, 6.07) is 0. The summed E-state index contributed by atoms with van der Waals surface area (Å²) in [5, 5.41) is 16.6. The molecule has 2 aromatic rings. The molecule has 0 saturated heterocycles. The fraction of sp³-hybridized carbons (Fsp3) is 0.333. The molecule has 2 heterocycles. The maximum Gasteiger partial charge on any atom is 0.188 e. The summed E-state index contributed by atoms with van der Waals surface area (Å²) < 4.78 is 0. The van der Waals surface area contributed by atoms with Gasteiger partial charge in [0.1, 0.15) is 0 Å². The number of aromatic nitrogens is 5. The molecule has 2 N–H and O–H groups in total. The number of aromatic amines is 1. The Labute approximate surface area is 78.4 Å². The minimum Gasteiger partial charge on any atom is -0.305 e. The van der Waals surface area contributed by atoms with Gasteiger partial charge in [-0.15, -0.1) is 21.5 Å². The van der Waals surface area contributed by atoms with Crippen LogP contribution in [0.4, 0.5) is 0 Å². The van der Waals surface area contributed by atoms with Gasteiger partial charge in [0.2, 0.25) is 0 Å². The molecule has 0 spiro atoms. The summed E-state index contributed by atoms with van der Waals surface area (Å²) in [4.78, 5) is 5.16. The van der Waals surface area contributed by atoms with Crippen molar-refractivity contribution in [2.45, 2.75) is 13.1 Å². The van der Waals surface area contributed by atoms with Gasteiger partial charge in [-0.3, -0.25) is 4.98 Å². The normalized spacial score (nSPS) is 10.5. The third kappa shape index (κ3) is 2.30. The van der Waals surface area contributed by atoms with E-state index < -0.39 is 0 Å². The molecule has 0 atom stereocenters. The molecular formula is C6H8N6S. The van der Waals surface area contributed by atoms with E-state index in [1.54, 1.807) is 11.3 Å². The molecule has 7 heteroatoms. The fourth-order valence-corrected chi connectivity index (χ4v) is 1.45. The van der Waals surface area contributed by atoms with Crippen LogP contribution < -0.4 is 5.32 Å². The van der Waals surface area contributed by atoms with Gasteiger partial charge >= 0.3 is 0 Å². The molecule has 0 aromatic carbocycles. The molecule has 2 rings (SSSR count). The van der Waals surface area contributed by atoms with E-state index in [9.17, 15) is 0 Å². The maximum absolute atomic E-state index is 3.97. The zero-order valence-electron chi connectivity index (χ0n) is 6.77. The molecule has 0 aliphatic rings. The third-order valence-electron chi connectivity index (χ3n) is 1.46. The van der Waals surface area contributed by atoms with Crippen molar-refractivity contribution in [3.8, 4) is 0 Å². The van der Waals surface area contributed by atoms with Crippen LogP contribution in [-0.2, 0) is 13.1 Å². The Morgan fingerprint density at radius 2 is 2.46 bits per heavy atom. The SMILES string of the molecule is c1ncc(CNCc2nn[nH]n2)s1. The topological polar surface area (TPSA) is 79.4 Å². The zero-order chi connectivity index (χ0) is 8.93. The van der Waals surface area contributed by atoms with Gasteiger partial charge in [0.25, 0.3) is 0 Å². The van der Waals surface area contributed by atoms with Crippen LogP contribution in [0, 0.1) is 0 Å². The van der Waals surface area contributed by atoms with Gasteiger partial charge in [-0.2, -0.15) is 5.21 Å². The van der Waals surface area contributed by atoms with E-state index in [-0.39, 0.29) is 0 Å². The number of tetrazole rings is 1. The smallest absolute Gasteiger partial charge is 0.188 e. The number of hydrogen-bond acceptors (Lipinski definition) is 6. The van der Waals surface area contributed by atoms with Crippen LogP contribution in [0.5, 0.6) is 0 Å². The minimum atomic E-state index is 0.619. The Morgan fingerprint density at radius 1 is 1.46 bits per heavy atom. The van der Waals surface area contributed by atoms with Crippen molar-refractivity contribution < 1.29 is 0 Å². The molecule has 2 aromatic heterocycles. The van der Waals surface area contributed by atoms with Crippen molar-refractivity contribution in [1.82, 2.24) is 30.9 Å². The monoisotopic (exact) mass is 196 g/mol. The van der Waals surface area contributed by atoms with Gasteiger partial charge in [-0.25, -0.2) is 0 Å². The predicted molar refractivity (Wildman–Crippen MR) is 46.8 cm³/mol. The van der Waals surface area contributed by atoms with E-state index in [0.717, 1.165) is 6.54 Å². The summed E-state index contributed by atoms with van der Waals surface area (Å²) in [6.45, 7) is 1.41. The summed E-state index contributed by atoms with van der Waals surface area (Å²) in [7, 11) is 0. The highest BCUT2D eigenvalue weighted by Gasteiger charge is 1.97. The van der Waals surface area contributed by atoms with Crippen molar-refractivity contribution in [3.05, 3.63) is 22.4 Å². The van der Waals surface area contributed by atoms with Crippen LogP contribution in [-0.4, -0.2) is 25.6 Å². The van der Waals surface area contributed by atoms with Crippen LogP contribution in [0.3, 0.4) is 0 Å². The standard InChI is InChI=1S/C6H8N6S/c1(5-2-8-4-13-5)7-3-6-9-11-12-10-6/h2,4,7H,1,3H2,(H,9,10,11,12). The molecule has 0 amide bonds. The second-order valence-corrected chi connectivity index (χ2v) is 3.37. The Morgan fingerprint density at radius 3 is 3.15 bits per heavy atom. The highest BCUT2D eigenvalue weighted by molar-refractivity contribution is 7.09. The zero-order valence-corrected chi connectivity index (χ0v) is 7.58. The molecular weight excluding hydrogens is 188 g/mol. The van der Waals surface area contributed by atoms with Gasteiger partial charge in [0.15, 0.2) is 5.82 Å². The summed E-state index contributed by atoms with van der Waals surface area (Å²) >= 11 is 1.62. The highest BCUT2D eigenvalue weighted by atomic mass is 32.1. The Bertz CT molecular complexity index is 294. The molecule has 6 nitrogen and oxygen atoms in total. The van der Waals surface area contributed by atoms with Crippen LogP contribution in [0.25, 0.3) is 0 Å².